The van der Waals surface area contributed by atoms with Crippen molar-refractivity contribution in [1.29, 1.82) is 0 Å². The molecule has 0 fully saturated rings. The van der Waals surface area contributed by atoms with Gasteiger partial charge in [-0.1, -0.05) is 24.3 Å². The van der Waals surface area contributed by atoms with Crippen LogP contribution in [-0.2, 0) is 24.1 Å². The van der Waals surface area contributed by atoms with Gasteiger partial charge in [-0.2, -0.15) is 18.3 Å². The molecule has 1 atom stereocenters. The van der Waals surface area contributed by atoms with Crippen molar-refractivity contribution in [3.05, 3.63) is 76.6 Å². The van der Waals surface area contributed by atoms with Crippen LogP contribution < -0.4 is 9.47 Å². The average Bonchev–Trinajstić information content (AvgIpc) is 3.20. The first kappa shape index (κ1) is 22.8. The van der Waals surface area contributed by atoms with Gasteiger partial charge in [0, 0.05) is 12.0 Å². The molecule has 3 aromatic rings. The van der Waals surface area contributed by atoms with E-state index in [1.54, 1.807) is 55.6 Å². The molecule has 4 rings (SSSR count). The maximum absolute atomic E-state index is 13.9. The molecule has 2 aromatic carbocycles. The Kier molecular flexibility index (Phi) is 6.42. The summed E-state index contributed by atoms with van der Waals surface area (Å²) in [6.45, 7) is 0.128. The molecular weight excluding hydrogens is 437 g/mol. The highest BCUT2D eigenvalue weighted by Crippen LogP contribution is 2.42. The zero-order chi connectivity index (χ0) is 23.6. The molecule has 0 amide bonds. The number of ether oxygens (including phenoxy) is 3. The third-order valence-corrected chi connectivity index (χ3v) is 5.58. The van der Waals surface area contributed by atoms with E-state index in [1.165, 1.54) is 7.11 Å². The molecule has 9 heteroatoms. The second-order valence-electron chi connectivity index (χ2n) is 7.72. The summed E-state index contributed by atoms with van der Waals surface area (Å²) in [7, 11) is 3.08. The normalized spacial score (nSPS) is 15.9. The topological polar surface area (TPSA) is 62.6 Å². The van der Waals surface area contributed by atoms with Crippen LogP contribution >= 0.6 is 0 Å². The Bertz CT molecular complexity index is 1120. The third-order valence-electron chi connectivity index (χ3n) is 5.58. The first-order valence-electron chi connectivity index (χ1n) is 10.4. The highest BCUT2D eigenvalue weighted by molar-refractivity contribution is 5.97. The zero-order valence-corrected chi connectivity index (χ0v) is 18.2. The van der Waals surface area contributed by atoms with Gasteiger partial charge in [-0.25, -0.2) is 0 Å². The summed E-state index contributed by atoms with van der Waals surface area (Å²) in [4.78, 5) is 12.7. The fourth-order valence-electron chi connectivity index (χ4n) is 3.91. The van der Waals surface area contributed by atoms with E-state index in [0.29, 0.717) is 17.1 Å². The van der Waals surface area contributed by atoms with Crippen LogP contribution in [0.4, 0.5) is 13.2 Å². The molecular formula is C24H23F3N2O4. The number of Topliss-reactive ketones (excluding diaryl/α,β-unsaturated/α-hetero) is 1. The Morgan fingerprint density at radius 2 is 1.55 bits per heavy atom. The average molecular weight is 460 g/mol. The molecule has 33 heavy (non-hydrogen) atoms. The van der Waals surface area contributed by atoms with Gasteiger partial charge in [0.2, 0.25) is 0 Å². The number of alkyl halides is 3. The lowest BCUT2D eigenvalue weighted by molar-refractivity contribution is -0.143. The Morgan fingerprint density at radius 1 is 0.970 bits per heavy atom. The van der Waals surface area contributed by atoms with Crippen LogP contribution in [0.3, 0.4) is 0 Å². The van der Waals surface area contributed by atoms with Crippen molar-refractivity contribution in [2.45, 2.75) is 38.3 Å². The summed E-state index contributed by atoms with van der Waals surface area (Å²) < 4.78 is 59.0. The van der Waals surface area contributed by atoms with E-state index in [9.17, 15) is 18.0 Å². The Hall–Kier alpha value is -3.33. The van der Waals surface area contributed by atoms with Gasteiger partial charge in [-0.15, -0.1) is 0 Å². The number of benzene rings is 2. The first-order valence-corrected chi connectivity index (χ1v) is 10.4. The molecule has 1 aliphatic carbocycles. The van der Waals surface area contributed by atoms with Gasteiger partial charge in [0.05, 0.1) is 33.5 Å². The van der Waals surface area contributed by atoms with Gasteiger partial charge in [-0.05, 0) is 41.8 Å². The molecule has 0 radical (unpaired) electrons. The smallest absolute Gasteiger partial charge is 0.435 e. The van der Waals surface area contributed by atoms with E-state index >= 15 is 0 Å². The number of nitrogens with zero attached hydrogens (tertiary/aromatic N) is 2. The number of aromatic nitrogens is 2. The number of carbonyl (C=O) groups excluding carboxylic acids is 1. The van der Waals surface area contributed by atoms with Gasteiger partial charge < -0.3 is 14.2 Å². The predicted octanol–water partition coefficient (Wildman–Crippen LogP) is 5.20. The summed E-state index contributed by atoms with van der Waals surface area (Å²) >= 11 is 0. The Morgan fingerprint density at radius 3 is 2.09 bits per heavy atom. The van der Waals surface area contributed by atoms with E-state index in [1.807, 2.05) is 0 Å². The summed E-state index contributed by atoms with van der Waals surface area (Å²) in [5, 5.41) is 3.82. The lowest BCUT2D eigenvalue weighted by atomic mass is 9.91. The van der Waals surface area contributed by atoms with Crippen molar-refractivity contribution >= 4 is 5.78 Å². The van der Waals surface area contributed by atoms with E-state index < -0.39 is 18.0 Å². The number of hydrogen-bond acceptors (Lipinski definition) is 5. The van der Waals surface area contributed by atoms with Gasteiger partial charge in [-0.3, -0.25) is 9.48 Å². The van der Waals surface area contributed by atoms with Crippen LogP contribution in [0.15, 0.2) is 48.5 Å². The molecule has 0 saturated heterocycles. The highest BCUT2D eigenvalue weighted by Gasteiger charge is 2.44. The molecule has 6 nitrogen and oxygen atoms in total. The molecule has 0 aliphatic heterocycles. The number of fused-ring (bicyclic) bond motifs is 1. The zero-order valence-electron chi connectivity index (χ0n) is 18.2. The lowest BCUT2D eigenvalue weighted by Crippen LogP contribution is -2.22. The number of rotatable bonds is 7. The van der Waals surface area contributed by atoms with Crippen LogP contribution in [-0.4, -0.2) is 29.8 Å². The fraction of sp³-hybridized carbons (Fsp3) is 0.333. The van der Waals surface area contributed by atoms with E-state index in [-0.39, 0.29) is 43.0 Å². The van der Waals surface area contributed by atoms with Gasteiger partial charge in [0.1, 0.15) is 17.2 Å². The maximum Gasteiger partial charge on any atom is 0.435 e. The summed E-state index contributed by atoms with van der Waals surface area (Å²) in [6.07, 6.45) is -5.35. The minimum absolute atomic E-state index is 0.0271. The van der Waals surface area contributed by atoms with Gasteiger partial charge >= 0.3 is 6.18 Å². The standard InChI is InChI=1S/C24H23F3N2O4/c1-31-17-7-3-15(4-8-17)13-29-22-19(30)11-12-20(21(22)23(28-29)24(25,26)27)33-14-16-5-9-18(32-2)10-6-16/h3-10,20H,11-14H2,1-2H3. The minimum atomic E-state index is -4.71. The highest BCUT2D eigenvalue weighted by atomic mass is 19.4. The lowest BCUT2D eigenvalue weighted by Gasteiger charge is -2.24. The van der Waals surface area contributed by atoms with Crippen molar-refractivity contribution in [2.24, 2.45) is 0 Å². The molecule has 1 unspecified atom stereocenters. The van der Waals surface area contributed by atoms with Crippen LogP contribution in [0.5, 0.6) is 11.5 Å². The first-order chi connectivity index (χ1) is 15.8. The third kappa shape index (κ3) is 4.88. The SMILES string of the molecule is COc1ccc(COC2CCC(=O)c3c2c(C(F)(F)F)nn3Cc2ccc(OC)cc2)cc1. The van der Waals surface area contributed by atoms with Gasteiger partial charge in [0.15, 0.2) is 11.5 Å². The van der Waals surface area contributed by atoms with E-state index in [2.05, 4.69) is 5.10 Å². The van der Waals surface area contributed by atoms with Crippen molar-refractivity contribution in [2.75, 3.05) is 14.2 Å². The quantitative estimate of drug-likeness (QED) is 0.485. The van der Waals surface area contributed by atoms with Crippen molar-refractivity contribution in [3.8, 4) is 11.5 Å². The number of hydrogen-bond donors (Lipinski definition) is 0. The number of ketones is 1. The van der Waals surface area contributed by atoms with Crippen molar-refractivity contribution < 1.29 is 32.2 Å². The number of methoxy groups -OCH3 is 2. The van der Waals surface area contributed by atoms with Crippen LogP contribution in [0.25, 0.3) is 0 Å². The molecule has 1 aliphatic rings. The predicted molar refractivity (Wildman–Crippen MR) is 113 cm³/mol. The second-order valence-corrected chi connectivity index (χ2v) is 7.72. The summed E-state index contributed by atoms with van der Waals surface area (Å²) in [6, 6.07) is 13.9. The molecule has 0 spiro atoms. The Labute approximate surface area is 188 Å². The monoisotopic (exact) mass is 460 g/mol. The summed E-state index contributed by atoms with van der Waals surface area (Å²) in [5.74, 6) is 0.926. The molecule has 1 aromatic heterocycles. The van der Waals surface area contributed by atoms with E-state index in [4.69, 9.17) is 14.2 Å². The van der Waals surface area contributed by atoms with Crippen molar-refractivity contribution in [1.82, 2.24) is 9.78 Å². The van der Waals surface area contributed by atoms with Crippen LogP contribution in [0, 0.1) is 0 Å². The van der Waals surface area contributed by atoms with Crippen LogP contribution in [0.1, 0.15) is 51.8 Å². The molecule has 1 heterocycles. The number of halogens is 3. The van der Waals surface area contributed by atoms with Gasteiger partial charge in [0.25, 0.3) is 0 Å². The van der Waals surface area contributed by atoms with E-state index in [0.717, 1.165) is 10.2 Å². The largest absolute Gasteiger partial charge is 0.497 e. The van der Waals surface area contributed by atoms with Crippen LogP contribution in [0.2, 0.25) is 0 Å². The maximum atomic E-state index is 13.9. The fourth-order valence-corrected chi connectivity index (χ4v) is 3.91. The second kappa shape index (κ2) is 9.27. The Balaban J connectivity index is 1.65. The summed E-state index contributed by atoms with van der Waals surface area (Å²) in [5.41, 5.74) is 0.195. The molecule has 174 valence electrons. The molecule has 0 N–H and O–H groups in total. The molecule has 0 bridgehead atoms. The number of carbonyl (C=O) groups is 1. The minimum Gasteiger partial charge on any atom is -0.497 e. The van der Waals surface area contributed by atoms with Crippen molar-refractivity contribution in [3.63, 3.8) is 0 Å². The molecule has 0 saturated carbocycles.